The molecule has 0 unspecified atom stereocenters. The van der Waals surface area contributed by atoms with Gasteiger partial charge in [0, 0.05) is 17.3 Å². The average molecular weight is 395 g/mol. The fraction of sp³-hybridized carbons (Fsp3) is 0.0500. The molecule has 0 aliphatic carbocycles. The number of pyridine rings is 1. The van der Waals surface area contributed by atoms with Crippen molar-refractivity contribution in [2.75, 3.05) is 0 Å². The van der Waals surface area contributed by atoms with E-state index in [1.807, 2.05) is 18.2 Å². The fourth-order valence-electron chi connectivity index (χ4n) is 3.04. The number of nitrogens with zero attached hydrogens (tertiary/aromatic N) is 2. The third-order valence-electron chi connectivity index (χ3n) is 4.40. The highest BCUT2D eigenvalue weighted by Crippen LogP contribution is 2.41. The number of nitrogens with two attached hydrogens (primary N) is 1. The maximum absolute atomic E-state index is 11.9. The number of aromatic nitrogens is 2. The number of benzene rings is 2. The zero-order chi connectivity index (χ0) is 19.9. The molecule has 2 aromatic rings. The van der Waals surface area contributed by atoms with Crippen molar-refractivity contribution in [3.8, 4) is 34.0 Å². The van der Waals surface area contributed by atoms with E-state index in [-0.39, 0.29) is 4.90 Å². The summed E-state index contributed by atoms with van der Waals surface area (Å²) in [4.78, 5) is 4.15. The van der Waals surface area contributed by atoms with Gasteiger partial charge in [0.1, 0.15) is 11.5 Å². The first-order valence-corrected chi connectivity index (χ1v) is 9.95. The van der Waals surface area contributed by atoms with Gasteiger partial charge in [0.05, 0.1) is 10.6 Å². The topological polar surface area (TPSA) is 107 Å². The lowest BCUT2D eigenvalue weighted by Gasteiger charge is -2.17. The summed E-state index contributed by atoms with van der Waals surface area (Å²) in [5, 5.41) is 15.5. The summed E-state index contributed by atoms with van der Waals surface area (Å²) < 4.78 is 30.8. The Labute approximate surface area is 162 Å². The van der Waals surface area contributed by atoms with Gasteiger partial charge in [0.25, 0.3) is 0 Å². The maximum Gasteiger partial charge on any atom is 0.238 e. The number of fused-ring (bicyclic) bond motifs is 1. The first-order chi connectivity index (χ1) is 13.3. The summed E-state index contributed by atoms with van der Waals surface area (Å²) in [6.07, 6.45) is 1.57. The van der Waals surface area contributed by atoms with Gasteiger partial charge in [-0.1, -0.05) is 18.2 Å². The van der Waals surface area contributed by atoms with Crippen molar-refractivity contribution in [3.05, 3.63) is 72.6 Å². The second-order valence-corrected chi connectivity index (χ2v) is 7.87. The zero-order valence-electron chi connectivity index (χ0n) is 14.9. The molecular weight excluding hydrogens is 378 g/mol. The Morgan fingerprint density at radius 1 is 1.00 bits per heavy atom. The highest BCUT2D eigenvalue weighted by atomic mass is 32.2. The molecule has 28 heavy (non-hydrogen) atoms. The Morgan fingerprint density at radius 2 is 1.75 bits per heavy atom. The van der Waals surface area contributed by atoms with Crippen LogP contribution in [0.5, 0.6) is 11.5 Å². The predicted molar refractivity (Wildman–Crippen MR) is 104 cm³/mol. The molecule has 0 saturated carbocycles. The van der Waals surface area contributed by atoms with Gasteiger partial charge in [-0.05, 0) is 55.0 Å². The van der Waals surface area contributed by atoms with Crippen LogP contribution in [-0.4, -0.2) is 23.3 Å². The predicted octanol–water partition coefficient (Wildman–Crippen LogP) is 3.64. The molecule has 142 valence electrons. The number of hydrogen-bond donors (Lipinski definition) is 2. The van der Waals surface area contributed by atoms with Crippen molar-refractivity contribution < 1.29 is 18.4 Å². The summed E-state index contributed by atoms with van der Waals surface area (Å²) >= 11 is 0. The van der Waals surface area contributed by atoms with Crippen molar-refractivity contribution in [1.82, 2.24) is 9.71 Å². The van der Waals surface area contributed by atoms with Gasteiger partial charge in [0.2, 0.25) is 10.0 Å². The molecule has 2 aliphatic rings. The first-order valence-electron chi connectivity index (χ1n) is 8.41. The van der Waals surface area contributed by atoms with Gasteiger partial charge in [-0.3, -0.25) is 0 Å². The second-order valence-electron chi connectivity index (χ2n) is 6.31. The molecule has 0 atom stereocenters. The van der Waals surface area contributed by atoms with Crippen LogP contribution < -0.4 is 9.88 Å². The monoisotopic (exact) mass is 395 g/mol. The van der Waals surface area contributed by atoms with Gasteiger partial charge >= 0.3 is 0 Å². The number of sulfonamides is 1. The van der Waals surface area contributed by atoms with E-state index in [9.17, 15) is 13.6 Å². The third-order valence-corrected chi connectivity index (χ3v) is 5.31. The lowest BCUT2D eigenvalue weighted by Crippen LogP contribution is -2.12. The van der Waals surface area contributed by atoms with E-state index in [4.69, 9.17) is 9.88 Å². The minimum absolute atomic E-state index is 0.0334. The number of para-hydroxylation sites is 1. The Balaban J connectivity index is 1.96. The molecule has 8 heteroatoms. The van der Waals surface area contributed by atoms with Crippen LogP contribution >= 0.6 is 0 Å². The Kier molecular flexibility index (Phi) is 4.29. The van der Waals surface area contributed by atoms with Crippen LogP contribution in [0, 0.1) is 6.92 Å². The molecule has 2 heterocycles. The average Bonchev–Trinajstić information content (AvgIpc) is 3.15. The van der Waals surface area contributed by atoms with E-state index < -0.39 is 10.0 Å². The summed E-state index contributed by atoms with van der Waals surface area (Å²) in [5.41, 5.74) is 2.38. The van der Waals surface area contributed by atoms with E-state index in [2.05, 4.69) is 4.98 Å². The van der Waals surface area contributed by atoms with Crippen molar-refractivity contribution in [1.29, 1.82) is 0 Å². The van der Waals surface area contributed by atoms with Gasteiger partial charge in [0.15, 0.2) is 5.82 Å². The highest BCUT2D eigenvalue weighted by Gasteiger charge is 2.21. The van der Waals surface area contributed by atoms with E-state index >= 15 is 0 Å². The van der Waals surface area contributed by atoms with Crippen molar-refractivity contribution in [3.63, 3.8) is 0 Å². The smallest absolute Gasteiger partial charge is 0.238 e. The highest BCUT2D eigenvalue weighted by molar-refractivity contribution is 7.89. The van der Waals surface area contributed by atoms with Crippen LogP contribution in [-0.2, 0) is 10.0 Å². The van der Waals surface area contributed by atoms with Crippen molar-refractivity contribution >= 4 is 10.0 Å². The zero-order valence-corrected chi connectivity index (χ0v) is 15.7. The molecule has 7 nitrogen and oxygen atoms in total. The molecule has 3 N–H and O–H groups in total. The Hall–Kier alpha value is -3.36. The minimum atomic E-state index is -3.91. The van der Waals surface area contributed by atoms with E-state index in [1.54, 1.807) is 43.5 Å². The van der Waals surface area contributed by atoms with Gasteiger partial charge < -0.3 is 9.94 Å². The van der Waals surface area contributed by atoms with Crippen LogP contribution in [0.1, 0.15) is 5.69 Å². The molecular formula is C20H17N3O4S. The number of ether oxygens (including phenoxy) is 1. The molecule has 2 aromatic carbocycles. The molecule has 4 rings (SSSR count). The molecule has 0 bridgehead atoms. The molecule has 0 radical (unpaired) electrons. The van der Waals surface area contributed by atoms with Crippen molar-refractivity contribution in [2.24, 2.45) is 5.14 Å². The largest absolute Gasteiger partial charge is 0.457 e. The molecule has 0 fully saturated rings. The minimum Gasteiger partial charge on any atom is -0.457 e. The third kappa shape index (κ3) is 3.19. The Morgan fingerprint density at radius 3 is 2.46 bits per heavy atom. The van der Waals surface area contributed by atoms with E-state index in [0.29, 0.717) is 39.7 Å². The standard InChI is InChI=1S/C20H17N3O4S/c1-13-11-17(16-9-10-22-20(16)23(13)24)18-12-15(28(21,25)26)7-8-19(18)27-14-5-3-2-4-6-14/h2-12,24H,1H3,(H2,21,25,26). The number of primary sulfonamides is 1. The number of rotatable bonds is 4. The van der Waals surface area contributed by atoms with Crippen molar-refractivity contribution in [2.45, 2.75) is 11.8 Å². The first kappa shape index (κ1) is 18.0. The van der Waals surface area contributed by atoms with Gasteiger partial charge in [-0.15, -0.1) is 0 Å². The maximum atomic E-state index is 11.9. The summed E-state index contributed by atoms with van der Waals surface area (Å²) in [7, 11) is -3.91. The number of hydrogen-bond acceptors (Lipinski definition) is 5. The van der Waals surface area contributed by atoms with Crippen LogP contribution in [0.3, 0.4) is 0 Å². The molecule has 0 saturated heterocycles. The molecule has 0 aromatic heterocycles. The molecule has 2 aliphatic heterocycles. The van der Waals surface area contributed by atoms with Crippen LogP contribution in [0.4, 0.5) is 0 Å². The molecule has 0 amide bonds. The number of aryl methyl sites for hydroxylation is 1. The van der Waals surface area contributed by atoms with E-state index in [0.717, 1.165) is 4.73 Å². The lowest BCUT2D eigenvalue weighted by molar-refractivity contribution is 0.180. The SMILES string of the molecule is Cc1cc(-c2cc(S(N)(=O)=O)ccc2Oc2ccccc2)c2ccnc-2n1O. The molecule has 0 spiro atoms. The normalized spacial score (nSPS) is 11.6. The van der Waals surface area contributed by atoms with Crippen LogP contribution in [0.2, 0.25) is 0 Å². The van der Waals surface area contributed by atoms with E-state index in [1.165, 1.54) is 12.1 Å². The Bertz CT molecular complexity index is 1230. The summed E-state index contributed by atoms with van der Waals surface area (Å²) in [5.74, 6) is 1.42. The van der Waals surface area contributed by atoms with Crippen LogP contribution in [0.25, 0.3) is 22.5 Å². The fourth-order valence-corrected chi connectivity index (χ4v) is 3.58. The summed E-state index contributed by atoms with van der Waals surface area (Å²) in [6.45, 7) is 1.72. The lowest BCUT2D eigenvalue weighted by atomic mass is 9.98. The van der Waals surface area contributed by atoms with Gasteiger partial charge in [-0.2, -0.15) is 4.73 Å². The van der Waals surface area contributed by atoms with Gasteiger partial charge in [-0.25, -0.2) is 18.5 Å². The summed E-state index contributed by atoms with van der Waals surface area (Å²) in [6, 6.07) is 17.1. The van der Waals surface area contributed by atoms with Crippen LogP contribution in [0.15, 0.2) is 71.8 Å². The quantitative estimate of drug-likeness (QED) is 0.513. The second kappa shape index (κ2) is 6.66.